The molecule has 7 nitrogen and oxygen atoms in total. The van der Waals surface area contributed by atoms with Crippen molar-refractivity contribution >= 4 is 27.5 Å². The molecule has 3 amide bonds. The highest BCUT2D eigenvalue weighted by atomic mass is 32.2. The van der Waals surface area contributed by atoms with E-state index in [0.29, 0.717) is 5.69 Å². The highest BCUT2D eigenvalue weighted by Gasteiger charge is 2.54. The monoisotopic (exact) mass is 337 g/mol. The number of anilines is 1. The number of fused-ring (bicyclic) bond motifs is 1. The molecule has 2 N–H and O–H groups in total. The number of primary amides is 1. The summed E-state index contributed by atoms with van der Waals surface area (Å²) in [6.45, 7) is 1.77. The zero-order valence-corrected chi connectivity index (χ0v) is 13.6. The van der Waals surface area contributed by atoms with E-state index in [2.05, 4.69) is 0 Å². The number of rotatable bonds is 4. The fraction of sp³-hybridized carbons (Fsp3) is 0.467. The summed E-state index contributed by atoms with van der Waals surface area (Å²) in [5.41, 5.74) is 6.98. The van der Waals surface area contributed by atoms with Gasteiger partial charge in [-0.05, 0) is 24.1 Å². The minimum atomic E-state index is -3.24. The summed E-state index contributed by atoms with van der Waals surface area (Å²) in [6.07, 6.45) is 0.877. The summed E-state index contributed by atoms with van der Waals surface area (Å²) in [7, 11) is -3.24. The smallest absolute Gasteiger partial charge is 0.325 e. The second kappa shape index (κ2) is 5.52. The molecule has 23 heavy (non-hydrogen) atoms. The van der Waals surface area contributed by atoms with Crippen LogP contribution in [0.3, 0.4) is 0 Å². The number of nitrogens with two attached hydrogens (primary N) is 1. The molecule has 2 heterocycles. The summed E-state index contributed by atoms with van der Waals surface area (Å²) in [5.74, 6) is -0.862. The minimum absolute atomic E-state index is 0.0891. The lowest BCUT2D eigenvalue weighted by atomic mass is 10.1. The molecule has 0 saturated carbocycles. The third-order valence-corrected chi connectivity index (χ3v) is 6.13. The molecule has 124 valence electrons. The lowest BCUT2D eigenvalue weighted by Gasteiger charge is -2.22. The van der Waals surface area contributed by atoms with Crippen molar-refractivity contribution in [3.05, 3.63) is 29.8 Å². The molecular formula is C15H19N3O4S. The molecule has 0 aliphatic carbocycles. The Bertz CT molecular complexity index is 744. The van der Waals surface area contributed by atoms with E-state index in [1.54, 1.807) is 0 Å². The Hall–Kier alpha value is -2.09. The van der Waals surface area contributed by atoms with E-state index >= 15 is 0 Å². The standard InChI is InChI=1S/C15H19N3O4S/c1-2-10-3-5-11(6-4-10)18-13-9-23(21,22)8-12(13)17(15(18)20)7-14(16)19/h3-6,12-13H,2,7-9H2,1H3,(H2,16,19)/t12-,13+/m1/s1. The van der Waals surface area contributed by atoms with Crippen molar-refractivity contribution in [3.8, 4) is 0 Å². The van der Waals surface area contributed by atoms with Gasteiger partial charge in [-0.25, -0.2) is 13.2 Å². The molecule has 1 aromatic carbocycles. The first-order valence-electron chi connectivity index (χ1n) is 7.50. The van der Waals surface area contributed by atoms with Gasteiger partial charge in [0.1, 0.15) is 6.54 Å². The Kier molecular flexibility index (Phi) is 3.79. The van der Waals surface area contributed by atoms with Gasteiger partial charge in [-0.1, -0.05) is 19.1 Å². The molecule has 2 atom stereocenters. The molecule has 2 aliphatic heterocycles. The Morgan fingerprint density at radius 3 is 2.39 bits per heavy atom. The summed E-state index contributed by atoms with van der Waals surface area (Å²) < 4.78 is 24.0. The number of nitrogens with zero attached hydrogens (tertiary/aromatic N) is 2. The van der Waals surface area contributed by atoms with Gasteiger partial charge in [0.25, 0.3) is 0 Å². The van der Waals surface area contributed by atoms with Crippen LogP contribution in [0.1, 0.15) is 12.5 Å². The molecule has 0 aromatic heterocycles. The quantitative estimate of drug-likeness (QED) is 0.790. The average Bonchev–Trinajstić information content (AvgIpc) is 2.91. The molecule has 0 unspecified atom stereocenters. The topological polar surface area (TPSA) is 101 Å². The largest absolute Gasteiger partial charge is 0.368 e. The minimum Gasteiger partial charge on any atom is -0.368 e. The lowest BCUT2D eigenvalue weighted by molar-refractivity contribution is -0.118. The van der Waals surface area contributed by atoms with E-state index in [9.17, 15) is 18.0 Å². The average molecular weight is 337 g/mol. The number of benzene rings is 1. The summed E-state index contributed by atoms with van der Waals surface area (Å²) in [4.78, 5) is 26.7. The Balaban J connectivity index is 1.98. The van der Waals surface area contributed by atoms with Crippen molar-refractivity contribution in [2.45, 2.75) is 25.4 Å². The molecule has 1 aromatic rings. The van der Waals surface area contributed by atoms with Crippen molar-refractivity contribution in [1.82, 2.24) is 4.90 Å². The van der Waals surface area contributed by atoms with Crippen molar-refractivity contribution in [2.24, 2.45) is 5.73 Å². The van der Waals surface area contributed by atoms with Crippen LogP contribution in [0.2, 0.25) is 0 Å². The number of amides is 3. The van der Waals surface area contributed by atoms with Gasteiger partial charge in [-0.2, -0.15) is 0 Å². The van der Waals surface area contributed by atoms with Crippen LogP contribution in [-0.2, 0) is 21.1 Å². The van der Waals surface area contributed by atoms with Crippen molar-refractivity contribution in [1.29, 1.82) is 0 Å². The van der Waals surface area contributed by atoms with E-state index < -0.39 is 27.8 Å². The number of aryl methyl sites for hydroxylation is 1. The van der Waals surface area contributed by atoms with Gasteiger partial charge in [0.05, 0.1) is 23.6 Å². The van der Waals surface area contributed by atoms with Gasteiger partial charge in [-0.15, -0.1) is 0 Å². The van der Waals surface area contributed by atoms with Crippen LogP contribution in [0.5, 0.6) is 0 Å². The van der Waals surface area contributed by atoms with E-state index in [0.717, 1.165) is 12.0 Å². The predicted molar refractivity (Wildman–Crippen MR) is 85.8 cm³/mol. The van der Waals surface area contributed by atoms with Crippen LogP contribution < -0.4 is 10.6 Å². The van der Waals surface area contributed by atoms with Gasteiger partial charge < -0.3 is 10.6 Å². The van der Waals surface area contributed by atoms with E-state index in [-0.39, 0.29) is 24.1 Å². The van der Waals surface area contributed by atoms with Gasteiger partial charge in [0.2, 0.25) is 5.91 Å². The van der Waals surface area contributed by atoms with Crippen molar-refractivity contribution in [2.75, 3.05) is 23.0 Å². The van der Waals surface area contributed by atoms with Crippen LogP contribution in [0, 0.1) is 0 Å². The summed E-state index contributed by atoms with van der Waals surface area (Å²) in [6, 6.07) is 6.09. The molecule has 0 spiro atoms. The first-order valence-corrected chi connectivity index (χ1v) is 9.32. The Labute approximate surface area is 135 Å². The fourth-order valence-electron chi connectivity index (χ4n) is 3.32. The maximum Gasteiger partial charge on any atom is 0.325 e. The van der Waals surface area contributed by atoms with Crippen LogP contribution in [0.25, 0.3) is 0 Å². The number of urea groups is 1. The molecule has 0 bridgehead atoms. The number of hydrogen-bond donors (Lipinski definition) is 1. The first-order chi connectivity index (χ1) is 10.8. The molecule has 3 rings (SSSR count). The highest BCUT2D eigenvalue weighted by molar-refractivity contribution is 7.91. The lowest BCUT2D eigenvalue weighted by Crippen LogP contribution is -2.42. The third kappa shape index (κ3) is 2.78. The van der Waals surface area contributed by atoms with Gasteiger partial charge in [-0.3, -0.25) is 9.69 Å². The Morgan fingerprint density at radius 2 is 1.83 bits per heavy atom. The zero-order chi connectivity index (χ0) is 16.8. The van der Waals surface area contributed by atoms with E-state index in [4.69, 9.17) is 5.73 Å². The van der Waals surface area contributed by atoms with E-state index in [1.807, 2.05) is 31.2 Å². The zero-order valence-electron chi connectivity index (χ0n) is 12.8. The van der Waals surface area contributed by atoms with Gasteiger partial charge >= 0.3 is 6.03 Å². The fourth-order valence-corrected chi connectivity index (χ4v) is 5.27. The van der Waals surface area contributed by atoms with Crippen molar-refractivity contribution in [3.63, 3.8) is 0 Å². The second-order valence-corrected chi connectivity index (χ2v) is 8.13. The first kappa shape index (κ1) is 15.8. The molecule has 8 heteroatoms. The van der Waals surface area contributed by atoms with Crippen LogP contribution in [-0.4, -0.2) is 55.4 Å². The second-order valence-electron chi connectivity index (χ2n) is 5.98. The highest BCUT2D eigenvalue weighted by Crippen LogP contribution is 2.34. The molecule has 2 saturated heterocycles. The van der Waals surface area contributed by atoms with Crippen LogP contribution in [0.15, 0.2) is 24.3 Å². The maximum absolute atomic E-state index is 12.7. The normalized spacial score (nSPS) is 25.7. The number of hydrogen-bond acceptors (Lipinski definition) is 4. The van der Waals surface area contributed by atoms with Crippen LogP contribution >= 0.6 is 0 Å². The number of carbonyl (C=O) groups is 2. The molecule has 2 fully saturated rings. The summed E-state index contributed by atoms with van der Waals surface area (Å²) in [5, 5.41) is 0. The predicted octanol–water partition coefficient (Wildman–Crippen LogP) is 0.142. The summed E-state index contributed by atoms with van der Waals surface area (Å²) >= 11 is 0. The van der Waals surface area contributed by atoms with Crippen LogP contribution in [0.4, 0.5) is 10.5 Å². The molecular weight excluding hydrogens is 318 g/mol. The van der Waals surface area contributed by atoms with Gasteiger partial charge in [0, 0.05) is 5.69 Å². The molecule has 2 aliphatic rings. The van der Waals surface area contributed by atoms with Gasteiger partial charge in [0.15, 0.2) is 9.84 Å². The van der Waals surface area contributed by atoms with Crippen molar-refractivity contribution < 1.29 is 18.0 Å². The number of carbonyl (C=O) groups excluding carboxylic acids is 2. The molecule has 0 radical (unpaired) electrons. The maximum atomic E-state index is 12.7. The Morgan fingerprint density at radius 1 is 1.22 bits per heavy atom. The SMILES string of the molecule is CCc1ccc(N2C(=O)N(CC(N)=O)[C@@H]3CS(=O)(=O)C[C@@H]32)cc1. The van der Waals surface area contributed by atoms with E-state index in [1.165, 1.54) is 9.80 Å². The number of sulfone groups is 1. The third-order valence-electron chi connectivity index (χ3n) is 4.43.